The molecule has 0 unspecified atom stereocenters. The Kier molecular flexibility index (Phi) is 3.54. The van der Waals surface area contributed by atoms with Gasteiger partial charge in [-0.25, -0.2) is 9.13 Å². The van der Waals surface area contributed by atoms with Gasteiger partial charge in [-0.1, -0.05) is 0 Å². The van der Waals surface area contributed by atoms with Crippen molar-refractivity contribution >= 4 is 22.7 Å². The minimum atomic E-state index is 1.32. The van der Waals surface area contributed by atoms with Crippen molar-refractivity contribution in [3.8, 4) is 22.5 Å². The Labute approximate surface area is 134 Å². The lowest BCUT2D eigenvalue weighted by Gasteiger charge is -2.02. The summed E-state index contributed by atoms with van der Waals surface area (Å²) in [5.41, 5.74) is 5.36. The number of nitrogens with zero attached hydrogens (tertiary/aromatic N) is 2. The second-order valence-corrected chi connectivity index (χ2v) is 8.61. The Hall–Kier alpha value is -1.39. The van der Waals surface area contributed by atoms with E-state index in [1.54, 1.807) is 0 Å². The monoisotopic (exact) mass is 317 g/mol. The molecule has 3 heterocycles. The summed E-state index contributed by atoms with van der Waals surface area (Å²) in [7, 11) is 4.28. The number of hydrogen-bond donors (Lipinski definition) is 0. The summed E-state index contributed by atoms with van der Waals surface area (Å²) < 4.78 is 4.49. The first-order valence-electron chi connectivity index (χ1n) is 7.08. The number of aryl methyl sites for hydroxylation is 6. The third-order valence-corrected chi connectivity index (χ3v) is 5.80. The highest BCUT2D eigenvalue weighted by Crippen LogP contribution is 2.38. The van der Waals surface area contributed by atoms with Gasteiger partial charge in [-0.2, -0.15) is 0 Å². The quantitative estimate of drug-likeness (QED) is 0.614. The predicted octanol–water partition coefficient (Wildman–Crippen LogP) is 4.54. The third kappa shape index (κ3) is 2.36. The largest absolute Gasteiger partial charge is 0.244 e. The Morgan fingerprint density at radius 2 is 1.43 bits per heavy atom. The van der Waals surface area contributed by atoms with E-state index in [0.717, 1.165) is 0 Å². The fourth-order valence-electron chi connectivity index (χ4n) is 3.08. The topological polar surface area (TPSA) is 8.81 Å². The van der Waals surface area contributed by atoms with E-state index < -0.39 is 0 Å². The number of aromatic nitrogens is 2. The Balaban J connectivity index is 2.32. The molecule has 3 rings (SSSR count). The average Bonchev–Trinajstić information content (AvgIpc) is 2.96. The molecule has 0 atom stereocenters. The molecule has 4 heteroatoms. The highest BCUT2D eigenvalue weighted by atomic mass is 32.1. The molecule has 21 heavy (non-hydrogen) atoms. The van der Waals surface area contributed by atoms with Gasteiger partial charge in [0.15, 0.2) is 11.4 Å². The maximum absolute atomic E-state index is 2.31. The molecule has 0 N–H and O–H groups in total. The predicted molar refractivity (Wildman–Crippen MR) is 92.2 cm³/mol. The number of imidazole rings is 1. The van der Waals surface area contributed by atoms with Crippen molar-refractivity contribution in [2.45, 2.75) is 27.7 Å². The summed E-state index contributed by atoms with van der Waals surface area (Å²) in [5, 5.41) is 0. The minimum absolute atomic E-state index is 1.32. The standard InChI is InChI=1S/C17H21N2S2/c1-10-7-14(12(3)20-10)16-17(19(6)9-18(16)5)15-8-11(2)21-13(15)4/h7-9H,1-6H3/q+1. The van der Waals surface area contributed by atoms with Gasteiger partial charge >= 0.3 is 0 Å². The first-order valence-corrected chi connectivity index (χ1v) is 8.71. The van der Waals surface area contributed by atoms with Crippen LogP contribution in [0.5, 0.6) is 0 Å². The van der Waals surface area contributed by atoms with Crippen molar-refractivity contribution < 1.29 is 4.57 Å². The van der Waals surface area contributed by atoms with Crippen LogP contribution in [0.25, 0.3) is 22.5 Å². The molecule has 0 saturated heterocycles. The summed E-state index contributed by atoms with van der Waals surface area (Å²) in [4.78, 5) is 5.52. The second-order valence-electron chi connectivity index (χ2n) is 5.69. The van der Waals surface area contributed by atoms with Crippen LogP contribution >= 0.6 is 22.7 Å². The average molecular weight is 318 g/mol. The van der Waals surface area contributed by atoms with Gasteiger partial charge in [-0.05, 0) is 39.8 Å². The zero-order valence-corrected chi connectivity index (χ0v) is 15.1. The van der Waals surface area contributed by atoms with E-state index in [-0.39, 0.29) is 0 Å². The van der Waals surface area contributed by atoms with Crippen LogP contribution in [0.2, 0.25) is 0 Å². The van der Waals surface area contributed by atoms with Crippen LogP contribution in [-0.4, -0.2) is 4.57 Å². The Bertz CT molecular complexity index is 752. The van der Waals surface area contributed by atoms with Crippen LogP contribution in [0.4, 0.5) is 0 Å². The van der Waals surface area contributed by atoms with Crippen LogP contribution in [0.15, 0.2) is 18.5 Å². The van der Waals surface area contributed by atoms with Crippen molar-refractivity contribution in [3.63, 3.8) is 0 Å². The zero-order valence-electron chi connectivity index (χ0n) is 13.4. The first kappa shape index (κ1) is 14.5. The molecule has 0 saturated carbocycles. The molecule has 0 fully saturated rings. The maximum Gasteiger partial charge on any atom is 0.244 e. The third-order valence-electron chi connectivity index (χ3n) is 3.87. The molecule has 0 spiro atoms. The van der Waals surface area contributed by atoms with E-state index in [2.05, 4.69) is 69.4 Å². The Morgan fingerprint density at radius 3 is 1.90 bits per heavy atom. The zero-order chi connectivity index (χ0) is 15.3. The summed E-state index contributed by atoms with van der Waals surface area (Å²) in [6, 6.07) is 4.63. The van der Waals surface area contributed by atoms with Crippen LogP contribution in [0, 0.1) is 27.7 Å². The van der Waals surface area contributed by atoms with E-state index in [1.807, 2.05) is 22.7 Å². The summed E-state index contributed by atoms with van der Waals surface area (Å²) >= 11 is 3.75. The van der Waals surface area contributed by atoms with Crippen molar-refractivity contribution in [1.29, 1.82) is 0 Å². The lowest BCUT2D eigenvalue weighted by molar-refractivity contribution is -0.660. The normalized spacial score (nSPS) is 11.3. The summed E-state index contributed by atoms with van der Waals surface area (Å²) in [6.45, 7) is 8.80. The minimum Gasteiger partial charge on any atom is -0.232 e. The van der Waals surface area contributed by atoms with Gasteiger partial charge in [0, 0.05) is 30.6 Å². The molecule has 0 bridgehead atoms. The molecular formula is C17H21N2S2+. The smallest absolute Gasteiger partial charge is 0.232 e. The van der Waals surface area contributed by atoms with Gasteiger partial charge in [-0.15, -0.1) is 22.7 Å². The maximum atomic E-state index is 2.31. The number of rotatable bonds is 2. The Morgan fingerprint density at radius 1 is 0.905 bits per heavy atom. The summed E-state index contributed by atoms with van der Waals surface area (Å²) in [5.74, 6) is 0. The molecule has 0 aliphatic carbocycles. The van der Waals surface area contributed by atoms with Crippen LogP contribution in [0.1, 0.15) is 19.5 Å². The van der Waals surface area contributed by atoms with Crippen LogP contribution < -0.4 is 4.57 Å². The molecule has 0 aliphatic heterocycles. The number of thiophene rings is 2. The number of hydrogen-bond acceptors (Lipinski definition) is 2. The van der Waals surface area contributed by atoms with E-state index in [9.17, 15) is 0 Å². The van der Waals surface area contributed by atoms with E-state index in [0.29, 0.717) is 0 Å². The van der Waals surface area contributed by atoms with Gasteiger partial charge in [0.1, 0.15) is 0 Å². The second kappa shape index (κ2) is 5.11. The molecular weight excluding hydrogens is 296 g/mol. The highest BCUT2D eigenvalue weighted by molar-refractivity contribution is 7.12. The van der Waals surface area contributed by atoms with Gasteiger partial charge in [0.2, 0.25) is 6.33 Å². The van der Waals surface area contributed by atoms with Gasteiger partial charge in [0.25, 0.3) is 0 Å². The summed E-state index contributed by atoms with van der Waals surface area (Å²) in [6.07, 6.45) is 2.17. The molecule has 0 aromatic carbocycles. The van der Waals surface area contributed by atoms with E-state index in [1.165, 1.54) is 42.0 Å². The van der Waals surface area contributed by atoms with Crippen molar-refractivity contribution in [1.82, 2.24) is 4.57 Å². The molecule has 2 nitrogen and oxygen atoms in total. The van der Waals surface area contributed by atoms with Crippen LogP contribution in [0.3, 0.4) is 0 Å². The molecule has 3 aromatic rings. The van der Waals surface area contributed by atoms with Gasteiger partial charge in [0.05, 0.1) is 14.1 Å². The fourth-order valence-corrected chi connectivity index (χ4v) is 4.93. The van der Waals surface area contributed by atoms with Crippen LogP contribution in [-0.2, 0) is 14.1 Å². The molecule has 0 radical (unpaired) electrons. The van der Waals surface area contributed by atoms with Crippen molar-refractivity contribution in [3.05, 3.63) is 38.0 Å². The lowest BCUT2D eigenvalue weighted by atomic mass is 10.1. The van der Waals surface area contributed by atoms with Gasteiger partial charge < -0.3 is 0 Å². The molecule has 0 aliphatic rings. The van der Waals surface area contributed by atoms with E-state index in [4.69, 9.17) is 0 Å². The molecule has 0 amide bonds. The van der Waals surface area contributed by atoms with E-state index >= 15 is 0 Å². The van der Waals surface area contributed by atoms with Gasteiger partial charge in [-0.3, -0.25) is 0 Å². The fraction of sp³-hybridized carbons (Fsp3) is 0.353. The van der Waals surface area contributed by atoms with Crippen molar-refractivity contribution in [2.75, 3.05) is 0 Å². The van der Waals surface area contributed by atoms with Crippen molar-refractivity contribution in [2.24, 2.45) is 14.1 Å². The first-order chi connectivity index (χ1) is 9.88. The lowest BCUT2D eigenvalue weighted by Crippen LogP contribution is -2.27. The SMILES string of the molecule is Cc1cc(-c2c(-c3cc(C)sc3C)[n+](C)cn2C)c(C)s1. The molecule has 110 valence electrons. The molecule has 3 aromatic heterocycles. The highest BCUT2D eigenvalue weighted by Gasteiger charge is 2.26.